The molecule has 0 fully saturated rings. The lowest BCUT2D eigenvalue weighted by Crippen LogP contribution is -2.32. The number of halogens is 2. The molecule has 0 aliphatic rings. The second-order valence-electron chi connectivity index (χ2n) is 4.16. The fourth-order valence-electron chi connectivity index (χ4n) is 1.66. The van der Waals surface area contributed by atoms with E-state index in [9.17, 15) is 12.8 Å². The molecule has 0 radical (unpaired) electrons. The van der Waals surface area contributed by atoms with E-state index in [2.05, 4.69) is 10.0 Å². The molecule has 19 heavy (non-hydrogen) atoms. The molecule has 4 nitrogen and oxygen atoms in total. The highest BCUT2D eigenvalue weighted by atomic mass is 35.5. The molecule has 2 N–H and O–H groups in total. The topological polar surface area (TPSA) is 58.2 Å². The summed E-state index contributed by atoms with van der Waals surface area (Å²) in [5.74, 6) is -0.403. The molecular weight excluding hydrogens is 291 g/mol. The lowest BCUT2D eigenvalue weighted by atomic mass is 10.1. The van der Waals surface area contributed by atoms with Crippen molar-refractivity contribution in [3.8, 4) is 0 Å². The van der Waals surface area contributed by atoms with E-state index in [0.29, 0.717) is 18.1 Å². The number of sulfonamides is 1. The van der Waals surface area contributed by atoms with Crippen molar-refractivity contribution in [2.75, 3.05) is 18.8 Å². The lowest BCUT2D eigenvalue weighted by molar-refractivity contribution is 0.563. The molecule has 0 saturated heterocycles. The first kappa shape index (κ1) is 16.4. The Labute approximate surface area is 118 Å². The summed E-state index contributed by atoms with van der Waals surface area (Å²) in [5.41, 5.74) is 0.740. The van der Waals surface area contributed by atoms with Gasteiger partial charge in [-0.3, -0.25) is 0 Å². The van der Waals surface area contributed by atoms with Gasteiger partial charge in [-0.1, -0.05) is 24.6 Å². The molecule has 1 aromatic carbocycles. The zero-order valence-corrected chi connectivity index (χ0v) is 12.5. The van der Waals surface area contributed by atoms with Gasteiger partial charge in [0, 0.05) is 24.2 Å². The fourth-order valence-corrected chi connectivity index (χ4v) is 2.97. The number of nitrogens with one attached hydrogen (secondary N) is 2. The standard InChI is InChI=1S/C12H18ClFN2O2S/c1-3-16-19(17,18)7-6-15-9(2)11-5-4-10(14)8-12(11)13/h4-5,8-9,15-16H,3,6-7H2,1-2H3. The monoisotopic (exact) mass is 308 g/mol. The van der Waals surface area contributed by atoms with Crippen molar-refractivity contribution in [3.63, 3.8) is 0 Å². The van der Waals surface area contributed by atoms with Crippen LogP contribution in [0.2, 0.25) is 5.02 Å². The number of benzene rings is 1. The molecular formula is C12H18ClFN2O2S. The van der Waals surface area contributed by atoms with E-state index in [1.807, 2.05) is 6.92 Å². The van der Waals surface area contributed by atoms with Crippen LogP contribution in [0, 0.1) is 5.82 Å². The fraction of sp³-hybridized carbons (Fsp3) is 0.500. The highest BCUT2D eigenvalue weighted by molar-refractivity contribution is 7.89. The number of hydrogen-bond donors (Lipinski definition) is 2. The van der Waals surface area contributed by atoms with E-state index in [-0.39, 0.29) is 11.8 Å². The third-order valence-corrected chi connectivity index (χ3v) is 4.41. The minimum absolute atomic E-state index is 0.00993. The second-order valence-corrected chi connectivity index (χ2v) is 6.49. The first-order valence-electron chi connectivity index (χ1n) is 6.01. The van der Waals surface area contributed by atoms with Gasteiger partial charge in [-0.05, 0) is 24.6 Å². The second kappa shape index (κ2) is 7.19. The van der Waals surface area contributed by atoms with E-state index < -0.39 is 15.8 Å². The summed E-state index contributed by atoms with van der Waals surface area (Å²) in [5, 5.41) is 3.38. The summed E-state index contributed by atoms with van der Waals surface area (Å²) in [6.45, 7) is 4.25. The van der Waals surface area contributed by atoms with Crippen molar-refractivity contribution in [2.45, 2.75) is 19.9 Å². The van der Waals surface area contributed by atoms with Crippen LogP contribution in [0.5, 0.6) is 0 Å². The van der Waals surface area contributed by atoms with E-state index in [1.165, 1.54) is 12.1 Å². The molecule has 0 saturated carbocycles. The summed E-state index contributed by atoms with van der Waals surface area (Å²) in [7, 11) is -3.23. The molecule has 108 valence electrons. The molecule has 1 aromatic rings. The molecule has 0 aliphatic heterocycles. The maximum absolute atomic E-state index is 12.9. The van der Waals surface area contributed by atoms with Crippen LogP contribution in [0.4, 0.5) is 4.39 Å². The van der Waals surface area contributed by atoms with Crippen LogP contribution < -0.4 is 10.0 Å². The maximum atomic E-state index is 12.9. The van der Waals surface area contributed by atoms with Gasteiger partial charge in [-0.25, -0.2) is 17.5 Å². The van der Waals surface area contributed by atoms with E-state index >= 15 is 0 Å². The highest BCUT2D eigenvalue weighted by Gasteiger charge is 2.12. The average Bonchev–Trinajstić information content (AvgIpc) is 2.28. The van der Waals surface area contributed by atoms with Gasteiger partial charge < -0.3 is 5.32 Å². The van der Waals surface area contributed by atoms with Gasteiger partial charge in [0.15, 0.2) is 0 Å². The quantitative estimate of drug-likeness (QED) is 0.811. The molecule has 0 spiro atoms. The molecule has 1 unspecified atom stereocenters. The molecule has 7 heteroatoms. The minimum atomic E-state index is -3.23. The predicted octanol–water partition coefficient (Wildman–Crippen LogP) is 2.07. The van der Waals surface area contributed by atoms with Crippen molar-refractivity contribution in [1.82, 2.24) is 10.0 Å². The molecule has 0 bridgehead atoms. The minimum Gasteiger partial charge on any atom is -0.309 e. The molecule has 0 amide bonds. The van der Waals surface area contributed by atoms with Gasteiger partial charge in [0.1, 0.15) is 5.82 Å². The lowest BCUT2D eigenvalue weighted by Gasteiger charge is -2.15. The van der Waals surface area contributed by atoms with Crippen LogP contribution in [0.15, 0.2) is 18.2 Å². The molecule has 0 heterocycles. The Kier molecular flexibility index (Phi) is 6.19. The Bertz CT molecular complexity index is 522. The van der Waals surface area contributed by atoms with Crippen LogP contribution in [0.25, 0.3) is 0 Å². The summed E-state index contributed by atoms with van der Waals surface area (Å²) >= 11 is 5.93. The summed E-state index contributed by atoms with van der Waals surface area (Å²) in [6.07, 6.45) is 0. The SMILES string of the molecule is CCNS(=O)(=O)CCNC(C)c1ccc(F)cc1Cl. The first-order valence-corrected chi connectivity index (χ1v) is 8.04. The van der Waals surface area contributed by atoms with Gasteiger partial charge in [-0.2, -0.15) is 0 Å². The molecule has 1 rings (SSSR count). The van der Waals surface area contributed by atoms with Crippen LogP contribution >= 0.6 is 11.6 Å². The molecule has 1 atom stereocenters. The van der Waals surface area contributed by atoms with Crippen LogP contribution in [0.1, 0.15) is 25.5 Å². The molecule has 0 aromatic heterocycles. The van der Waals surface area contributed by atoms with Crippen molar-refractivity contribution in [1.29, 1.82) is 0 Å². The van der Waals surface area contributed by atoms with Crippen molar-refractivity contribution in [3.05, 3.63) is 34.6 Å². The van der Waals surface area contributed by atoms with E-state index in [4.69, 9.17) is 11.6 Å². The van der Waals surface area contributed by atoms with E-state index in [1.54, 1.807) is 13.0 Å². The number of hydrogen-bond acceptors (Lipinski definition) is 3. The maximum Gasteiger partial charge on any atom is 0.212 e. The smallest absolute Gasteiger partial charge is 0.212 e. The van der Waals surface area contributed by atoms with E-state index in [0.717, 1.165) is 5.56 Å². The third-order valence-electron chi connectivity index (χ3n) is 2.61. The van der Waals surface area contributed by atoms with Gasteiger partial charge in [-0.15, -0.1) is 0 Å². The van der Waals surface area contributed by atoms with Gasteiger partial charge in [0.05, 0.1) is 5.75 Å². The Hall–Kier alpha value is -0.690. The number of rotatable bonds is 7. The summed E-state index contributed by atoms with van der Waals surface area (Å²) < 4.78 is 38.2. The van der Waals surface area contributed by atoms with Crippen molar-refractivity contribution < 1.29 is 12.8 Å². The Morgan fingerprint density at radius 3 is 2.68 bits per heavy atom. The van der Waals surface area contributed by atoms with Crippen molar-refractivity contribution in [2.24, 2.45) is 0 Å². The van der Waals surface area contributed by atoms with Gasteiger partial charge in [0.2, 0.25) is 10.0 Å². The van der Waals surface area contributed by atoms with Crippen LogP contribution in [0.3, 0.4) is 0 Å². The van der Waals surface area contributed by atoms with Crippen LogP contribution in [-0.2, 0) is 10.0 Å². The Morgan fingerprint density at radius 2 is 2.11 bits per heavy atom. The summed E-state index contributed by atoms with van der Waals surface area (Å²) in [6, 6.07) is 4.01. The van der Waals surface area contributed by atoms with Gasteiger partial charge >= 0.3 is 0 Å². The molecule has 0 aliphatic carbocycles. The third kappa shape index (κ3) is 5.44. The van der Waals surface area contributed by atoms with Crippen molar-refractivity contribution >= 4 is 21.6 Å². The highest BCUT2D eigenvalue weighted by Crippen LogP contribution is 2.23. The predicted molar refractivity (Wildman–Crippen MR) is 75.3 cm³/mol. The Balaban J connectivity index is 2.54. The van der Waals surface area contributed by atoms with Gasteiger partial charge in [0.25, 0.3) is 0 Å². The normalized spacial score (nSPS) is 13.5. The Morgan fingerprint density at radius 1 is 1.42 bits per heavy atom. The average molecular weight is 309 g/mol. The zero-order valence-electron chi connectivity index (χ0n) is 10.9. The zero-order chi connectivity index (χ0) is 14.5. The largest absolute Gasteiger partial charge is 0.309 e. The summed E-state index contributed by atoms with van der Waals surface area (Å²) in [4.78, 5) is 0. The first-order chi connectivity index (χ1) is 8.85. The van der Waals surface area contributed by atoms with Crippen LogP contribution in [-0.4, -0.2) is 27.3 Å².